The van der Waals surface area contributed by atoms with Crippen LogP contribution in [-0.2, 0) is 14.3 Å². The van der Waals surface area contributed by atoms with Crippen LogP contribution in [-0.4, -0.2) is 52.0 Å². The van der Waals surface area contributed by atoms with Gasteiger partial charge in [0.25, 0.3) is 0 Å². The minimum absolute atomic E-state index is 0. The number of halogens is 1. The molecule has 1 saturated carbocycles. The van der Waals surface area contributed by atoms with E-state index >= 15 is 0 Å². The van der Waals surface area contributed by atoms with Gasteiger partial charge in [-0.1, -0.05) is 0 Å². The van der Waals surface area contributed by atoms with E-state index in [9.17, 15) is 4.79 Å². The SMILES string of the molecule is Cl.O=C(CNCC1CC1)NCCCOCC1CCOC1. The summed E-state index contributed by atoms with van der Waals surface area (Å²) in [6.45, 7) is 5.34. The van der Waals surface area contributed by atoms with Crippen LogP contribution in [0.4, 0.5) is 0 Å². The van der Waals surface area contributed by atoms with E-state index in [0.29, 0.717) is 25.6 Å². The number of hydrogen-bond donors (Lipinski definition) is 2. The van der Waals surface area contributed by atoms with Gasteiger partial charge in [0.15, 0.2) is 0 Å². The molecule has 0 aromatic carbocycles. The second-order valence-electron chi connectivity index (χ2n) is 5.58. The Kier molecular flexibility index (Phi) is 9.18. The van der Waals surface area contributed by atoms with Crippen molar-refractivity contribution >= 4 is 18.3 Å². The fourth-order valence-electron chi connectivity index (χ4n) is 2.14. The summed E-state index contributed by atoms with van der Waals surface area (Å²) in [5, 5.41) is 6.08. The van der Waals surface area contributed by atoms with Crippen molar-refractivity contribution in [2.75, 3.05) is 46.1 Å². The molecule has 5 nitrogen and oxygen atoms in total. The average Bonchev–Trinajstić information content (AvgIpc) is 3.08. The van der Waals surface area contributed by atoms with E-state index in [4.69, 9.17) is 9.47 Å². The Morgan fingerprint density at radius 1 is 1.25 bits per heavy atom. The molecule has 0 bridgehead atoms. The Morgan fingerprint density at radius 3 is 2.80 bits per heavy atom. The van der Waals surface area contributed by atoms with Crippen molar-refractivity contribution in [3.8, 4) is 0 Å². The van der Waals surface area contributed by atoms with Gasteiger partial charge in [0.1, 0.15) is 0 Å². The van der Waals surface area contributed by atoms with Crippen molar-refractivity contribution in [3.63, 3.8) is 0 Å². The number of carbonyl (C=O) groups is 1. The molecule has 0 spiro atoms. The molecule has 0 aromatic rings. The standard InChI is InChI=1S/C14H26N2O3.ClH/c17-14(9-15-8-12-2-3-12)16-5-1-6-18-10-13-4-7-19-11-13;/h12-13,15H,1-11H2,(H,16,17);1H. The van der Waals surface area contributed by atoms with Crippen LogP contribution in [0.1, 0.15) is 25.7 Å². The highest BCUT2D eigenvalue weighted by Crippen LogP contribution is 2.27. The summed E-state index contributed by atoms with van der Waals surface area (Å²) in [5.41, 5.74) is 0. The summed E-state index contributed by atoms with van der Waals surface area (Å²) >= 11 is 0. The van der Waals surface area contributed by atoms with Gasteiger partial charge < -0.3 is 20.1 Å². The van der Waals surface area contributed by atoms with Crippen molar-refractivity contribution in [3.05, 3.63) is 0 Å². The highest BCUT2D eigenvalue weighted by atomic mass is 35.5. The maximum absolute atomic E-state index is 11.5. The Balaban J connectivity index is 0.00000200. The number of rotatable bonds is 10. The third-order valence-corrected chi connectivity index (χ3v) is 3.58. The zero-order valence-electron chi connectivity index (χ0n) is 12.1. The average molecular weight is 307 g/mol. The number of hydrogen-bond acceptors (Lipinski definition) is 4. The Hall–Kier alpha value is -0.360. The molecule has 2 N–H and O–H groups in total. The number of ether oxygens (including phenoxy) is 2. The van der Waals surface area contributed by atoms with Gasteiger partial charge >= 0.3 is 0 Å². The van der Waals surface area contributed by atoms with Crippen LogP contribution in [0.25, 0.3) is 0 Å². The van der Waals surface area contributed by atoms with Gasteiger partial charge in [0, 0.05) is 25.7 Å². The molecular formula is C14H27ClN2O3. The van der Waals surface area contributed by atoms with Gasteiger partial charge in [-0.05, 0) is 38.1 Å². The van der Waals surface area contributed by atoms with E-state index in [1.54, 1.807) is 0 Å². The van der Waals surface area contributed by atoms with Crippen LogP contribution < -0.4 is 10.6 Å². The second-order valence-corrected chi connectivity index (χ2v) is 5.58. The van der Waals surface area contributed by atoms with Crippen LogP contribution in [0.2, 0.25) is 0 Å². The first-order chi connectivity index (χ1) is 9.34. The first kappa shape index (κ1) is 17.7. The van der Waals surface area contributed by atoms with Crippen LogP contribution >= 0.6 is 12.4 Å². The quantitative estimate of drug-likeness (QED) is 0.591. The molecule has 2 aliphatic rings. The lowest BCUT2D eigenvalue weighted by Crippen LogP contribution is -2.35. The molecule has 0 aromatic heterocycles. The Labute approximate surface area is 127 Å². The lowest BCUT2D eigenvalue weighted by atomic mass is 10.1. The van der Waals surface area contributed by atoms with Crippen LogP contribution in [0.3, 0.4) is 0 Å². The Morgan fingerprint density at radius 2 is 2.10 bits per heavy atom. The van der Waals surface area contributed by atoms with Crippen molar-refractivity contribution in [2.45, 2.75) is 25.7 Å². The molecule has 1 amide bonds. The lowest BCUT2D eigenvalue weighted by Gasteiger charge is -2.09. The van der Waals surface area contributed by atoms with Crippen molar-refractivity contribution in [1.29, 1.82) is 0 Å². The summed E-state index contributed by atoms with van der Waals surface area (Å²) < 4.78 is 10.9. The normalized spacial score (nSPS) is 21.5. The first-order valence-electron chi connectivity index (χ1n) is 7.47. The first-order valence-corrected chi connectivity index (χ1v) is 7.47. The molecule has 2 fully saturated rings. The van der Waals surface area contributed by atoms with E-state index in [-0.39, 0.29) is 18.3 Å². The molecule has 20 heavy (non-hydrogen) atoms. The molecule has 1 saturated heterocycles. The van der Waals surface area contributed by atoms with Crippen LogP contribution in [0.5, 0.6) is 0 Å². The largest absolute Gasteiger partial charge is 0.381 e. The van der Waals surface area contributed by atoms with Gasteiger partial charge in [0.05, 0.1) is 19.8 Å². The topological polar surface area (TPSA) is 59.6 Å². The van der Waals surface area contributed by atoms with Crippen molar-refractivity contribution in [2.24, 2.45) is 11.8 Å². The third kappa shape index (κ3) is 8.04. The maximum atomic E-state index is 11.5. The zero-order chi connectivity index (χ0) is 13.3. The smallest absolute Gasteiger partial charge is 0.233 e. The summed E-state index contributed by atoms with van der Waals surface area (Å²) in [6, 6.07) is 0. The molecule has 1 heterocycles. The zero-order valence-corrected chi connectivity index (χ0v) is 12.9. The molecular weight excluding hydrogens is 280 g/mol. The number of nitrogens with one attached hydrogen (secondary N) is 2. The highest BCUT2D eigenvalue weighted by Gasteiger charge is 2.20. The van der Waals surface area contributed by atoms with Gasteiger partial charge in [-0.3, -0.25) is 4.79 Å². The molecule has 1 aliphatic carbocycles. The third-order valence-electron chi connectivity index (χ3n) is 3.58. The van der Waals surface area contributed by atoms with Crippen molar-refractivity contribution in [1.82, 2.24) is 10.6 Å². The predicted molar refractivity (Wildman–Crippen MR) is 80.2 cm³/mol. The van der Waals surface area contributed by atoms with E-state index in [1.807, 2.05) is 0 Å². The van der Waals surface area contributed by atoms with Gasteiger partial charge in [0.2, 0.25) is 5.91 Å². The minimum atomic E-state index is 0. The maximum Gasteiger partial charge on any atom is 0.233 e. The molecule has 1 atom stereocenters. The summed E-state index contributed by atoms with van der Waals surface area (Å²) in [5.74, 6) is 1.48. The minimum Gasteiger partial charge on any atom is -0.381 e. The summed E-state index contributed by atoms with van der Waals surface area (Å²) in [7, 11) is 0. The second kappa shape index (κ2) is 10.4. The van der Waals surface area contributed by atoms with E-state index in [1.165, 1.54) is 12.8 Å². The predicted octanol–water partition coefficient (Wildman–Crippen LogP) is 0.967. The van der Waals surface area contributed by atoms with Crippen molar-refractivity contribution < 1.29 is 14.3 Å². The van der Waals surface area contributed by atoms with Gasteiger partial charge in [-0.25, -0.2) is 0 Å². The fraction of sp³-hybridized carbons (Fsp3) is 0.929. The highest BCUT2D eigenvalue weighted by molar-refractivity contribution is 5.85. The molecule has 6 heteroatoms. The summed E-state index contributed by atoms with van der Waals surface area (Å²) in [6.07, 6.45) is 4.63. The Bertz CT molecular complexity index is 269. The molecule has 2 rings (SSSR count). The summed E-state index contributed by atoms with van der Waals surface area (Å²) in [4.78, 5) is 11.5. The van der Waals surface area contributed by atoms with Gasteiger partial charge in [-0.2, -0.15) is 0 Å². The van der Waals surface area contributed by atoms with E-state index in [2.05, 4.69) is 10.6 Å². The fourth-order valence-corrected chi connectivity index (χ4v) is 2.14. The molecule has 0 radical (unpaired) electrons. The molecule has 118 valence electrons. The molecule has 1 unspecified atom stereocenters. The monoisotopic (exact) mass is 306 g/mol. The number of carbonyl (C=O) groups excluding carboxylic acids is 1. The van der Waals surface area contributed by atoms with E-state index in [0.717, 1.165) is 45.1 Å². The lowest BCUT2D eigenvalue weighted by molar-refractivity contribution is -0.120. The van der Waals surface area contributed by atoms with Crippen LogP contribution in [0, 0.1) is 11.8 Å². The number of amides is 1. The van der Waals surface area contributed by atoms with E-state index < -0.39 is 0 Å². The van der Waals surface area contributed by atoms with Crippen LogP contribution in [0.15, 0.2) is 0 Å². The molecule has 1 aliphatic heterocycles. The van der Waals surface area contributed by atoms with Gasteiger partial charge in [-0.15, -0.1) is 12.4 Å².